The molecule has 4 unspecified atom stereocenters. The minimum absolute atomic E-state index is 0.00684. The fraction of sp³-hybridized carbons (Fsp3) is 0.457. The molecule has 2 fully saturated rings. The van der Waals surface area contributed by atoms with E-state index < -0.39 is 0 Å². The molecule has 2 aliphatic heterocycles. The third-order valence-corrected chi connectivity index (χ3v) is 8.84. The predicted molar refractivity (Wildman–Crippen MR) is 173 cm³/mol. The van der Waals surface area contributed by atoms with Crippen LogP contribution in [0.2, 0.25) is 5.02 Å². The molecule has 224 valence electrons. The Kier molecular flexibility index (Phi) is 9.64. The first-order chi connectivity index (χ1) is 20.2. The van der Waals surface area contributed by atoms with Crippen molar-refractivity contribution < 1.29 is 9.47 Å². The second-order valence-electron chi connectivity index (χ2n) is 11.9. The van der Waals surface area contributed by atoms with Crippen molar-refractivity contribution in [2.45, 2.75) is 70.0 Å². The minimum atomic E-state index is -0.359. The summed E-state index contributed by atoms with van der Waals surface area (Å²) in [6, 6.07) is 8.48. The Morgan fingerprint density at radius 3 is 2.64 bits per heavy atom. The maximum atomic E-state index is 6.75. The highest BCUT2D eigenvalue weighted by Crippen LogP contribution is 2.51. The third-order valence-electron chi connectivity index (χ3n) is 8.31. The van der Waals surface area contributed by atoms with Gasteiger partial charge in [0, 0.05) is 41.8 Å². The van der Waals surface area contributed by atoms with Crippen LogP contribution >= 0.6 is 23.2 Å². The number of hydrogen-bond acceptors (Lipinski definition) is 5. The summed E-state index contributed by atoms with van der Waals surface area (Å²) in [6.45, 7) is 11.2. The maximum absolute atomic E-state index is 6.75. The van der Waals surface area contributed by atoms with Gasteiger partial charge >= 0.3 is 0 Å². The van der Waals surface area contributed by atoms with Crippen molar-refractivity contribution in [2.75, 3.05) is 26.9 Å². The summed E-state index contributed by atoms with van der Waals surface area (Å²) in [7, 11) is 1.69. The lowest BCUT2D eigenvalue weighted by Gasteiger charge is -2.40. The van der Waals surface area contributed by atoms with E-state index in [1.165, 1.54) is 17.0 Å². The molecule has 7 heteroatoms. The van der Waals surface area contributed by atoms with Crippen molar-refractivity contribution >= 4 is 23.2 Å². The highest BCUT2D eigenvalue weighted by Gasteiger charge is 2.47. The van der Waals surface area contributed by atoms with Gasteiger partial charge in [-0.05, 0) is 75.5 Å². The molecule has 1 aromatic rings. The second kappa shape index (κ2) is 13.2. The number of hydrogen-bond donors (Lipinski definition) is 1. The van der Waals surface area contributed by atoms with Crippen LogP contribution in [-0.2, 0) is 9.47 Å². The number of ether oxygens (including phenoxy) is 2. The van der Waals surface area contributed by atoms with Crippen molar-refractivity contribution in [1.82, 2.24) is 15.1 Å². The van der Waals surface area contributed by atoms with Gasteiger partial charge in [-0.3, -0.25) is 5.32 Å². The number of rotatable bonds is 9. The zero-order chi connectivity index (χ0) is 29.9. The van der Waals surface area contributed by atoms with Crippen molar-refractivity contribution in [2.24, 2.45) is 5.92 Å². The zero-order valence-corrected chi connectivity index (χ0v) is 26.9. The quantitative estimate of drug-likeness (QED) is 0.227. The van der Waals surface area contributed by atoms with E-state index in [9.17, 15) is 0 Å². The molecule has 5 nitrogen and oxygen atoms in total. The Hall–Kier alpha value is -2.82. The van der Waals surface area contributed by atoms with Crippen molar-refractivity contribution in [1.29, 1.82) is 0 Å². The molecule has 42 heavy (non-hydrogen) atoms. The number of alkyl halides is 1. The van der Waals surface area contributed by atoms with Crippen molar-refractivity contribution in [3.05, 3.63) is 112 Å². The predicted octanol–water partition coefficient (Wildman–Crippen LogP) is 8.00. The highest BCUT2D eigenvalue weighted by atomic mass is 35.5. The molecule has 4 atom stereocenters. The van der Waals surface area contributed by atoms with E-state index in [-0.39, 0.29) is 29.0 Å². The van der Waals surface area contributed by atoms with E-state index in [2.05, 4.69) is 91.1 Å². The van der Waals surface area contributed by atoms with E-state index in [0.717, 1.165) is 61.1 Å². The molecule has 0 aromatic heterocycles. The molecule has 0 saturated carbocycles. The van der Waals surface area contributed by atoms with Crippen LogP contribution in [-0.4, -0.2) is 53.7 Å². The fourth-order valence-corrected chi connectivity index (χ4v) is 6.64. The lowest BCUT2D eigenvalue weighted by molar-refractivity contribution is 0.144. The van der Waals surface area contributed by atoms with Crippen LogP contribution in [0.1, 0.15) is 58.6 Å². The number of allylic oxidation sites excluding steroid dienone is 6. The third kappa shape index (κ3) is 6.71. The molecule has 1 N–H and O–H groups in total. The van der Waals surface area contributed by atoms with Gasteiger partial charge < -0.3 is 19.3 Å². The molecule has 2 heterocycles. The molecule has 5 rings (SSSR count). The van der Waals surface area contributed by atoms with Gasteiger partial charge in [0.05, 0.1) is 36.8 Å². The summed E-state index contributed by atoms with van der Waals surface area (Å²) in [6.07, 6.45) is 17.7. The monoisotopic (exact) mass is 607 g/mol. The van der Waals surface area contributed by atoms with Gasteiger partial charge in [-0.2, -0.15) is 0 Å². The largest absolute Gasteiger partial charge is 0.496 e. The normalized spacial score (nSPS) is 28.0. The molecule has 0 amide bonds. The van der Waals surface area contributed by atoms with Gasteiger partial charge in [-0.1, -0.05) is 48.9 Å². The van der Waals surface area contributed by atoms with Crippen LogP contribution in [0.5, 0.6) is 0 Å². The lowest BCUT2D eigenvalue weighted by Crippen LogP contribution is -2.40. The SMILES string of the molecule is CC/C=C(\N1CCNC1)N1C(C2=C(OC(C)C)C=C(OC)C=C=C2)CC(C2=CCC(C)(Cl)C=C2)C1c1ccc(Cl)cc1. The van der Waals surface area contributed by atoms with Crippen molar-refractivity contribution in [3.63, 3.8) is 0 Å². The zero-order valence-electron chi connectivity index (χ0n) is 25.4. The van der Waals surface area contributed by atoms with Gasteiger partial charge in [-0.15, -0.1) is 17.3 Å². The van der Waals surface area contributed by atoms with E-state index >= 15 is 0 Å². The maximum Gasteiger partial charge on any atom is 0.130 e. The highest BCUT2D eigenvalue weighted by molar-refractivity contribution is 6.30. The number of likely N-dealkylation sites (tertiary alicyclic amines) is 1. The van der Waals surface area contributed by atoms with Crippen LogP contribution in [0.3, 0.4) is 0 Å². The molecule has 0 bridgehead atoms. The molecular weight excluding hydrogens is 565 g/mol. The van der Waals surface area contributed by atoms with Crippen LogP contribution in [0.4, 0.5) is 0 Å². The Morgan fingerprint density at radius 1 is 1.24 bits per heavy atom. The van der Waals surface area contributed by atoms with Crippen LogP contribution in [0, 0.1) is 5.92 Å². The topological polar surface area (TPSA) is 37.0 Å². The molecule has 2 saturated heterocycles. The average Bonchev–Trinajstić information content (AvgIpc) is 3.58. The van der Waals surface area contributed by atoms with Crippen LogP contribution in [0.25, 0.3) is 0 Å². The first kappa shape index (κ1) is 30.6. The number of halogens is 2. The first-order valence-corrected chi connectivity index (χ1v) is 15.8. The minimum Gasteiger partial charge on any atom is -0.496 e. The Balaban J connectivity index is 1.73. The molecule has 4 aliphatic rings. The number of nitrogens with one attached hydrogen (secondary N) is 1. The Morgan fingerprint density at radius 2 is 2.02 bits per heavy atom. The summed E-state index contributed by atoms with van der Waals surface area (Å²) >= 11 is 13.2. The van der Waals surface area contributed by atoms with E-state index in [0.29, 0.717) is 0 Å². The van der Waals surface area contributed by atoms with Crippen molar-refractivity contribution in [3.8, 4) is 0 Å². The summed E-state index contributed by atoms with van der Waals surface area (Å²) in [5.41, 5.74) is 7.05. The first-order valence-electron chi connectivity index (χ1n) is 15.1. The number of methoxy groups -OCH3 is 1. The van der Waals surface area contributed by atoms with E-state index in [4.69, 9.17) is 32.7 Å². The summed E-state index contributed by atoms with van der Waals surface area (Å²) in [5.74, 6) is 3.01. The summed E-state index contributed by atoms with van der Waals surface area (Å²) in [5, 5.41) is 4.29. The lowest BCUT2D eigenvalue weighted by atomic mass is 9.82. The fourth-order valence-electron chi connectivity index (χ4n) is 6.38. The molecule has 2 aliphatic carbocycles. The Bertz CT molecular complexity index is 1360. The smallest absolute Gasteiger partial charge is 0.130 e. The summed E-state index contributed by atoms with van der Waals surface area (Å²) < 4.78 is 12.2. The molecule has 1 aromatic carbocycles. The molecular formula is C35H43Cl2N3O2. The number of benzene rings is 1. The van der Waals surface area contributed by atoms with Crippen LogP contribution in [0.15, 0.2) is 101 Å². The van der Waals surface area contributed by atoms with Gasteiger partial charge in [0.25, 0.3) is 0 Å². The molecule has 0 radical (unpaired) electrons. The van der Waals surface area contributed by atoms with E-state index in [1.807, 2.05) is 24.3 Å². The van der Waals surface area contributed by atoms with Crippen LogP contribution < -0.4 is 5.32 Å². The van der Waals surface area contributed by atoms with Gasteiger partial charge in [0.15, 0.2) is 0 Å². The average molecular weight is 609 g/mol. The van der Waals surface area contributed by atoms with Gasteiger partial charge in [0.2, 0.25) is 0 Å². The van der Waals surface area contributed by atoms with Gasteiger partial charge in [-0.25, -0.2) is 0 Å². The Labute approximate surface area is 261 Å². The standard InChI is InChI=1S/C35H43Cl2N3O2/c1-6-8-33(39-20-19-38-23-39)40-31(29-10-7-9-28(41-5)21-32(29)42-24(2)3)22-30(25-15-17-35(4,37)18-16-25)34(40)26-11-13-27(36)14-12-26/h8-17,21,24,30-31,34,38H,6,18-20,22-23H2,1-5H3/b33-8+. The summed E-state index contributed by atoms with van der Waals surface area (Å²) in [4.78, 5) is 4.75. The number of nitrogens with zero attached hydrogens (tertiary/aromatic N) is 2. The second-order valence-corrected chi connectivity index (χ2v) is 13.2. The van der Waals surface area contributed by atoms with E-state index in [1.54, 1.807) is 7.11 Å². The van der Waals surface area contributed by atoms with Gasteiger partial charge in [0.1, 0.15) is 17.3 Å². The molecule has 0 spiro atoms.